The van der Waals surface area contributed by atoms with E-state index in [1.807, 2.05) is 18.2 Å². The van der Waals surface area contributed by atoms with Crippen LogP contribution in [0.3, 0.4) is 0 Å². The van der Waals surface area contributed by atoms with Crippen LogP contribution in [0.15, 0.2) is 54.7 Å². The number of nitrogens with two attached hydrogens (primary N) is 1. The van der Waals surface area contributed by atoms with Crippen molar-refractivity contribution in [1.29, 1.82) is 0 Å². The Kier molecular flexibility index (Phi) is 9.70. The first-order valence-corrected chi connectivity index (χ1v) is 8.75. The van der Waals surface area contributed by atoms with Gasteiger partial charge in [-0.3, -0.25) is 4.98 Å². The molecule has 0 unspecified atom stereocenters. The highest BCUT2D eigenvalue weighted by molar-refractivity contribution is 6.30. The molecular weight excluding hydrogens is 422 g/mol. The van der Waals surface area contributed by atoms with Crippen molar-refractivity contribution in [2.75, 3.05) is 13.7 Å². The molecule has 3 rings (SSSR count). The van der Waals surface area contributed by atoms with Gasteiger partial charge < -0.3 is 10.5 Å². The van der Waals surface area contributed by atoms with Crippen LogP contribution in [0.2, 0.25) is 5.02 Å². The molecule has 0 saturated heterocycles. The molecule has 0 fully saturated rings. The van der Waals surface area contributed by atoms with Gasteiger partial charge in [-0.05, 0) is 47.5 Å². The standard InChI is InChI=1S/C21H20ClFN2O.2ClH/c1-26-19-8-6-16(11-14-5-7-18(9-10-24)25-13-14)21(23)20(19)15-3-2-4-17(22)12-15;;/h2-8,12-13H,9-11,24H2,1H3;2*1H. The number of rotatable bonds is 6. The number of benzene rings is 2. The van der Waals surface area contributed by atoms with Crippen molar-refractivity contribution >= 4 is 36.4 Å². The number of pyridine rings is 1. The molecule has 3 nitrogen and oxygen atoms in total. The van der Waals surface area contributed by atoms with Gasteiger partial charge in [0.15, 0.2) is 0 Å². The topological polar surface area (TPSA) is 48.1 Å². The van der Waals surface area contributed by atoms with E-state index in [0.717, 1.165) is 17.7 Å². The fourth-order valence-corrected chi connectivity index (χ4v) is 3.09. The molecule has 0 aliphatic rings. The van der Waals surface area contributed by atoms with Gasteiger partial charge >= 0.3 is 0 Å². The average Bonchev–Trinajstić information content (AvgIpc) is 2.65. The number of hydrogen-bond acceptors (Lipinski definition) is 3. The first-order valence-electron chi connectivity index (χ1n) is 8.37. The highest BCUT2D eigenvalue weighted by Crippen LogP contribution is 2.36. The number of hydrogen-bond donors (Lipinski definition) is 1. The van der Waals surface area contributed by atoms with Crippen molar-refractivity contribution in [3.8, 4) is 16.9 Å². The highest BCUT2D eigenvalue weighted by Gasteiger charge is 2.16. The normalized spacial score (nSPS) is 10.0. The molecule has 3 aromatic rings. The number of nitrogens with zero attached hydrogens (tertiary/aromatic N) is 1. The third-order valence-corrected chi connectivity index (χ3v) is 4.43. The van der Waals surface area contributed by atoms with Gasteiger partial charge in [0.1, 0.15) is 11.6 Å². The molecular formula is C21H22Cl3FN2O. The Balaban J connectivity index is 0.00000196. The van der Waals surface area contributed by atoms with Gasteiger partial charge in [-0.15, -0.1) is 24.8 Å². The van der Waals surface area contributed by atoms with Gasteiger partial charge in [0.2, 0.25) is 0 Å². The predicted molar refractivity (Wildman–Crippen MR) is 118 cm³/mol. The van der Waals surface area contributed by atoms with Crippen LogP contribution in [0.4, 0.5) is 4.39 Å². The summed E-state index contributed by atoms with van der Waals surface area (Å²) < 4.78 is 20.6. The van der Waals surface area contributed by atoms with Crippen LogP contribution >= 0.6 is 36.4 Å². The summed E-state index contributed by atoms with van der Waals surface area (Å²) in [5.41, 5.74) is 9.09. The Morgan fingerprint density at radius 3 is 2.50 bits per heavy atom. The van der Waals surface area contributed by atoms with Gasteiger partial charge in [-0.2, -0.15) is 0 Å². The molecule has 0 spiro atoms. The van der Waals surface area contributed by atoms with Crippen molar-refractivity contribution in [3.05, 3.63) is 82.4 Å². The maximum Gasteiger partial charge on any atom is 0.138 e. The average molecular weight is 444 g/mol. The SMILES string of the molecule is COc1ccc(Cc2ccc(CCN)nc2)c(F)c1-c1cccc(Cl)c1.Cl.Cl. The van der Waals surface area contributed by atoms with Crippen molar-refractivity contribution in [3.63, 3.8) is 0 Å². The second kappa shape index (κ2) is 11.2. The zero-order valence-corrected chi connectivity index (χ0v) is 17.7. The lowest BCUT2D eigenvalue weighted by Crippen LogP contribution is -2.04. The van der Waals surface area contributed by atoms with E-state index in [9.17, 15) is 0 Å². The summed E-state index contributed by atoms with van der Waals surface area (Å²) in [5.74, 6) is 0.169. The van der Waals surface area contributed by atoms with E-state index in [1.165, 1.54) is 7.11 Å². The van der Waals surface area contributed by atoms with Crippen LogP contribution < -0.4 is 10.5 Å². The molecule has 0 aliphatic carbocycles. The number of aromatic nitrogens is 1. The first-order chi connectivity index (χ1) is 12.6. The van der Waals surface area contributed by atoms with Gasteiger partial charge in [0.25, 0.3) is 0 Å². The molecule has 7 heteroatoms. The summed E-state index contributed by atoms with van der Waals surface area (Å²) >= 11 is 6.07. The minimum atomic E-state index is -0.308. The van der Waals surface area contributed by atoms with Gasteiger partial charge in [-0.25, -0.2) is 4.39 Å². The van der Waals surface area contributed by atoms with E-state index in [-0.39, 0.29) is 30.6 Å². The lowest BCUT2D eigenvalue weighted by Gasteiger charge is -2.14. The molecule has 0 aliphatic heterocycles. The van der Waals surface area contributed by atoms with Gasteiger partial charge in [-0.1, -0.05) is 35.9 Å². The zero-order chi connectivity index (χ0) is 18.5. The van der Waals surface area contributed by atoms with Gasteiger partial charge in [0, 0.05) is 29.8 Å². The van der Waals surface area contributed by atoms with Gasteiger partial charge in [0.05, 0.1) is 12.7 Å². The maximum atomic E-state index is 15.3. The fourth-order valence-electron chi connectivity index (χ4n) is 2.90. The molecule has 2 N–H and O–H groups in total. The summed E-state index contributed by atoms with van der Waals surface area (Å²) in [6.07, 6.45) is 2.95. The van der Waals surface area contributed by atoms with Crippen LogP contribution in [0.25, 0.3) is 11.1 Å². The van der Waals surface area contributed by atoms with E-state index in [1.54, 1.807) is 36.5 Å². The van der Waals surface area contributed by atoms with E-state index in [4.69, 9.17) is 22.1 Å². The molecule has 0 bridgehead atoms. The predicted octanol–water partition coefficient (Wildman–Crippen LogP) is 5.49. The Hall–Kier alpha value is -1.85. The number of methoxy groups -OCH3 is 1. The molecule has 1 aromatic heterocycles. The summed E-state index contributed by atoms with van der Waals surface area (Å²) in [6, 6.07) is 14.5. The van der Waals surface area contributed by atoms with Crippen LogP contribution in [0.1, 0.15) is 16.8 Å². The summed E-state index contributed by atoms with van der Waals surface area (Å²) in [6.45, 7) is 0.558. The highest BCUT2D eigenvalue weighted by atomic mass is 35.5. The molecule has 0 atom stereocenters. The lowest BCUT2D eigenvalue weighted by molar-refractivity contribution is 0.413. The monoisotopic (exact) mass is 442 g/mol. The van der Waals surface area contributed by atoms with Crippen molar-refractivity contribution in [1.82, 2.24) is 4.98 Å². The minimum Gasteiger partial charge on any atom is -0.496 e. The number of halogens is 4. The Bertz CT molecular complexity index is 905. The van der Waals surface area contributed by atoms with Crippen LogP contribution in [-0.4, -0.2) is 18.6 Å². The van der Waals surface area contributed by atoms with E-state index < -0.39 is 0 Å². The lowest BCUT2D eigenvalue weighted by atomic mass is 9.97. The first kappa shape index (κ1) is 24.2. The van der Waals surface area contributed by atoms with Crippen LogP contribution in [0, 0.1) is 5.82 Å². The summed E-state index contributed by atoms with van der Waals surface area (Å²) in [7, 11) is 1.53. The molecule has 150 valence electrons. The second-order valence-corrected chi connectivity index (χ2v) is 6.44. The Labute approximate surface area is 181 Å². The quantitative estimate of drug-likeness (QED) is 0.548. The second-order valence-electron chi connectivity index (χ2n) is 6.00. The number of ether oxygens (including phenoxy) is 1. The molecule has 0 amide bonds. The summed E-state index contributed by atoms with van der Waals surface area (Å²) in [4.78, 5) is 4.38. The largest absolute Gasteiger partial charge is 0.496 e. The maximum absolute atomic E-state index is 15.3. The zero-order valence-electron chi connectivity index (χ0n) is 15.3. The fraction of sp³-hybridized carbons (Fsp3) is 0.190. The smallest absolute Gasteiger partial charge is 0.138 e. The van der Waals surface area contributed by atoms with E-state index in [0.29, 0.717) is 40.4 Å². The molecule has 0 radical (unpaired) electrons. The Morgan fingerprint density at radius 2 is 1.89 bits per heavy atom. The molecule has 1 heterocycles. The van der Waals surface area contributed by atoms with E-state index >= 15 is 4.39 Å². The molecule has 28 heavy (non-hydrogen) atoms. The third-order valence-electron chi connectivity index (χ3n) is 4.20. The third kappa shape index (κ3) is 5.58. The van der Waals surface area contributed by atoms with E-state index in [2.05, 4.69) is 4.98 Å². The van der Waals surface area contributed by atoms with Crippen LogP contribution in [-0.2, 0) is 12.8 Å². The molecule has 0 saturated carbocycles. The minimum absolute atomic E-state index is 0. The Morgan fingerprint density at radius 1 is 1.11 bits per heavy atom. The van der Waals surface area contributed by atoms with Crippen LogP contribution in [0.5, 0.6) is 5.75 Å². The molecule has 2 aromatic carbocycles. The van der Waals surface area contributed by atoms with Crippen molar-refractivity contribution in [2.45, 2.75) is 12.8 Å². The van der Waals surface area contributed by atoms with Crippen molar-refractivity contribution < 1.29 is 9.13 Å². The summed E-state index contributed by atoms with van der Waals surface area (Å²) in [5, 5.41) is 0.550. The van der Waals surface area contributed by atoms with Crippen molar-refractivity contribution in [2.24, 2.45) is 5.73 Å².